The molecule has 0 aliphatic heterocycles. The Kier molecular flexibility index (Phi) is 5.28. The van der Waals surface area contributed by atoms with Gasteiger partial charge in [-0.2, -0.15) is 0 Å². The first-order chi connectivity index (χ1) is 13.6. The molecule has 1 unspecified atom stereocenters. The van der Waals surface area contributed by atoms with Crippen molar-refractivity contribution in [3.05, 3.63) is 89.4 Å². The molecule has 0 bridgehead atoms. The van der Waals surface area contributed by atoms with Crippen molar-refractivity contribution < 1.29 is 9.90 Å². The van der Waals surface area contributed by atoms with Gasteiger partial charge in [-0.25, -0.2) is 9.97 Å². The zero-order chi connectivity index (χ0) is 19.5. The van der Waals surface area contributed by atoms with Gasteiger partial charge in [-0.1, -0.05) is 84.0 Å². The van der Waals surface area contributed by atoms with E-state index in [0.29, 0.717) is 15.7 Å². The van der Waals surface area contributed by atoms with Crippen LogP contribution in [0, 0.1) is 0 Å². The summed E-state index contributed by atoms with van der Waals surface area (Å²) in [4.78, 5) is 21.1. The third-order valence-electron chi connectivity index (χ3n) is 4.23. The van der Waals surface area contributed by atoms with Crippen molar-refractivity contribution in [3.63, 3.8) is 0 Å². The van der Waals surface area contributed by atoms with Gasteiger partial charge in [0.1, 0.15) is 5.25 Å². The van der Waals surface area contributed by atoms with Gasteiger partial charge in [-0.3, -0.25) is 4.79 Å². The van der Waals surface area contributed by atoms with Crippen molar-refractivity contribution in [1.29, 1.82) is 0 Å². The summed E-state index contributed by atoms with van der Waals surface area (Å²) < 4.78 is 0. The van der Waals surface area contributed by atoms with Crippen molar-refractivity contribution in [2.24, 2.45) is 0 Å². The van der Waals surface area contributed by atoms with Crippen LogP contribution in [0.5, 0.6) is 0 Å². The fraction of sp³-hybridized carbons (Fsp3) is 0.0455. The number of thioether (sulfide) groups is 1. The van der Waals surface area contributed by atoms with E-state index in [1.54, 1.807) is 18.2 Å². The van der Waals surface area contributed by atoms with Gasteiger partial charge in [-0.05, 0) is 23.8 Å². The second-order valence-corrected chi connectivity index (χ2v) is 7.64. The van der Waals surface area contributed by atoms with Crippen molar-refractivity contribution in [3.8, 4) is 11.3 Å². The predicted octanol–water partition coefficient (Wildman–Crippen LogP) is 5.87. The molecule has 0 fully saturated rings. The molecule has 0 saturated heterocycles. The summed E-state index contributed by atoms with van der Waals surface area (Å²) >= 11 is 7.31. The Morgan fingerprint density at radius 1 is 0.929 bits per heavy atom. The Labute approximate surface area is 171 Å². The number of aliphatic carboxylic acids is 1. The maximum Gasteiger partial charge on any atom is 0.321 e. The summed E-state index contributed by atoms with van der Waals surface area (Å²) in [5, 5.41) is 10.8. The van der Waals surface area contributed by atoms with E-state index in [-0.39, 0.29) is 0 Å². The molecule has 3 aromatic carbocycles. The molecule has 4 nitrogen and oxygen atoms in total. The highest BCUT2D eigenvalue weighted by Crippen LogP contribution is 2.36. The molecule has 0 aliphatic rings. The maximum atomic E-state index is 11.9. The highest BCUT2D eigenvalue weighted by atomic mass is 35.5. The van der Waals surface area contributed by atoms with E-state index in [0.717, 1.165) is 33.9 Å². The first-order valence-corrected chi connectivity index (χ1v) is 9.85. The average Bonchev–Trinajstić information content (AvgIpc) is 2.72. The summed E-state index contributed by atoms with van der Waals surface area (Å²) in [6, 6.07) is 24.3. The van der Waals surface area contributed by atoms with Gasteiger partial charge in [0.2, 0.25) is 0 Å². The van der Waals surface area contributed by atoms with Crippen LogP contribution < -0.4 is 0 Å². The lowest BCUT2D eigenvalue weighted by molar-refractivity contribution is -0.136. The first-order valence-electron chi connectivity index (χ1n) is 8.59. The normalized spacial score (nSPS) is 12.0. The Hall–Kier alpha value is -2.89. The molecule has 4 aromatic rings. The molecule has 6 heteroatoms. The number of rotatable bonds is 5. The molecule has 0 saturated carbocycles. The molecular weight excluding hydrogens is 392 g/mol. The fourth-order valence-corrected chi connectivity index (χ4v) is 4.01. The third kappa shape index (κ3) is 3.86. The monoisotopic (exact) mass is 406 g/mol. The molecule has 1 N–H and O–H groups in total. The van der Waals surface area contributed by atoms with Crippen LogP contribution in [0.15, 0.2) is 84.0 Å². The molecular formula is C22H15ClN2O2S. The number of hydrogen-bond acceptors (Lipinski definition) is 4. The van der Waals surface area contributed by atoms with E-state index in [4.69, 9.17) is 11.6 Å². The van der Waals surface area contributed by atoms with Crippen molar-refractivity contribution in [2.45, 2.75) is 10.4 Å². The SMILES string of the molecule is O=C(O)C(Sc1nc(-c2ccccc2)c2cc(Cl)ccc2n1)c1ccccc1. The van der Waals surface area contributed by atoms with Gasteiger partial charge in [0.25, 0.3) is 0 Å². The minimum Gasteiger partial charge on any atom is -0.480 e. The van der Waals surface area contributed by atoms with Crippen LogP contribution in [0.25, 0.3) is 22.2 Å². The molecule has 4 rings (SSSR count). The summed E-state index contributed by atoms with van der Waals surface area (Å²) in [5.74, 6) is -0.933. The number of carboxylic acid groups (broad SMARTS) is 1. The van der Waals surface area contributed by atoms with Crippen molar-refractivity contribution in [2.75, 3.05) is 0 Å². The van der Waals surface area contributed by atoms with Gasteiger partial charge >= 0.3 is 5.97 Å². The molecule has 0 aliphatic carbocycles. The lowest BCUT2D eigenvalue weighted by atomic mass is 10.1. The van der Waals surface area contributed by atoms with Crippen LogP contribution >= 0.6 is 23.4 Å². The number of nitrogens with zero attached hydrogens (tertiary/aromatic N) is 2. The Morgan fingerprint density at radius 2 is 1.61 bits per heavy atom. The van der Waals surface area contributed by atoms with E-state index in [1.165, 1.54) is 0 Å². The Balaban J connectivity index is 1.84. The van der Waals surface area contributed by atoms with Crippen LogP contribution in [0.1, 0.15) is 10.8 Å². The quantitative estimate of drug-likeness (QED) is 0.332. The summed E-state index contributed by atoms with van der Waals surface area (Å²) in [7, 11) is 0. The van der Waals surface area contributed by atoms with E-state index < -0.39 is 11.2 Å². The second-order valence-electron chi connectivity index (χ2n) is 6.13. The summed E-state index contributed by atoms with van der Waals surface area (Å²) in [5.41, 5.74) is 3.07. The molecule has 28 heavy (non-hydrogen) atoms. The van der Waals surface area contributed by atoms with Gasteiger partial charge < -0.3 is 5.11 Å². The number of carbonyl (C=O) groups is 1. The minimum atomic E-state index is -0.933. The number of aromatic nitrogens is 2. The standard InChI is InChI=1S/C22H15ClN2O2S/c23-16-11-12-18-17(13-16)19(14-7-3-1-4-8-14)25-22(24-18)28-20(21(26)27)15-9-5-2-6-10-15/h1-13,20H,(H,26,27). The molecule has 1 aromatic heterocycles. The number of halogens is 1. The zero-order valence-corrected chi connectivity index (χ0v) is 16.2. The van der Waals surface area contributed by atoms with Crippen molar-refractivity contribution in [1.82, 2.24) is 9.97 Å². The number of benzene rings is 3. The predicted molar refractivity (Wildman–Crippen MR) is 113 cm³/mol. The zero-order valence-electron chi connectivity index (χ0n) is 14.6. The minimum absolute atomic E-state index is 0.407. The van der Waals surface area contributed by atoms with E-state index >= 15 is 0 Å². The van der Waals surface area contributed by atoms with Crippen molar-refractivity contribution >= 4 is 40.2 Å². The van der Waals surface area contributed by atoms with Crippen LogP contribution in [-0.2, 0) is 4.79 Å². The van der Waals surface area contributed by atoms with Crippen LogP contribution in [0.4, 0.5) is 0 Å². The largest absolute Gasteiger partial charge is 0.480 e. The summed E-state index contributed by atoms with van der Waals surface area (Å²) in [6.07, 6.45) is 0. The van der Waals surface area contributed by atoms with E-state index in [9.17, 15) is 9.90 Å². The molecule has 1 atom stereocenters. The second kappa shape index (κ2) is 8.00. The average molecular weight is 407 g/mol. The van der Waals surface area contributed by atoms with Gasteiger partial charge in [0.05, 0.1) is 11.2 Å². The van der Waals surface area contributed by atoms with E-state index in [2.05, 4.69) is 9.97 Å². The van der Waals surface area contributed by atoms with Gasteiger partial charge in [0, 0.05) is 16.0 Å². The van der Waals surface area contributed by atoms with Crippen LogP contribution in [-0.4, -0.2) is 21.0 Å². The number of carboxylic acids is 1. The fourth-order valence-electron chi connectivity index (χ4n) is 2.94. The van der Waals surface area contributed by atoms with Crippen LogP contribution in [0.2, 0.25) is 5.02 Å². The molecule has 0 amide bonds. The lowest BCUT2D eigenvalue weighted by Crippen LogP contribution is -2.09. The molecule has 0 spiro atoms. The Bertz CT molecular complexity index is 1140. The highest BCUT2D eigenvalue weighted by molar-refractivity contribution is 8.00. The first kappa shape index (κ1) is 18.5. The maximum absolute atomic E-state index is 11.9. The van der Waals surface area contributed by atoms with Gasteiger partial charge in [-0.15, -0.1) is 0 Å². The van der Waals surface area contributed by atoms with Gasteiger partial charge in [0.15, 0.2) is 5.16 Å². The number of hydrogen-bond donors (Lipinski definition) is 1. The third-order valence-corrected chi connectivity index (χ3v) is 5.57. The molecule has 1 heterocycles. The smallest absolute Gasteiger partial charge is 0.321 e. The van der Waals surface area contributed by atoms with Crippen LogP contribution in [0.3, 0.4) is 0 Å². The molecule has 0 radical (unpaired) electrons. The summed E-state index contributed by atoms with van der Waals surface area (Å²) in [6.45, 7) is 0. The lowest BCUT2D eigenvalue weighted by Gasteiger charge is -2.13. The molecule has 138 valence electrons. The topological polar surface area (TPSA) is 63.1 Å². The highest BCUT2D eigenvalue weighted by Gasteiger charge is 2.23. The number of fused-ring (bicyclic) bond motifs is 1. The van der Waals surface area contributed by atoms with E-state index in [1.807, 2.05) is 60.7 Å². The Morgan fingerprint density at radius 3 is 2.29 bits per heavy atom.